The average molecular weight is 262 g/mol. The van der Waals surface area contributed by atoms with Crippen LogP contribution >= 0.6 is 0 Å². The molecule has 2 amide bonds. The molecule has 0 N–H and O–H groups in total. The number of amides is 2. The second kappa shape index (κ2) is 10.5. The van der Waals surface area contributed by atoms with Crippen LogP contribution in [0.15, 0.2) is 10.2 Å². The molecule has 0 aliphatic carbocycles. The molecule has 8 heteroatoms. The van der Waals surface area contributed by atoms with Gasteiger partial charge in [-0.1, -0.05) is 36.9 Å². The first-order valence-corrected chi connectivity index (χ1v) is 8.61. The SMILES string of the molecule is CCC[SiH2]OC(=O)N=NC(=O)O[SiH2]CCC. The van der Waals surface area contributed by atoms with Gasteiger partial charge < -0.3 is 8.85 Å². The van der Waals surface area contributed by atoms with Gasteiger partial charge in [0.25, 0.3) is 0 Å². The van der Waals surface area contributed by atoms with Gasteiger partial charge in [-0.2, -0.15) is 0 Å². The predicted molar refractivity (Wildman–Crippen MR) is 65.1 cm³/mol. The summed E-state index contributed by atoms with van der Waals surface area (Å²) < 4.78 is 9.60. The third-order valence-corrected chi connectivity index (χ3v) is 4.55. The van der Waals surface area contributed by atoms with E-state index in [1.807, 2.05) is 13.8 Å². The molecule has 0 fully saturated rings. The number of hydrogen-bond donors (Lipinski definition) is 0. The maximum atomic E-state index is 10.9. The number of carbonyl (C=O) groups is 2. The molecule has 0 aromatic carbocycles. The van der Waals surface area contributed by atoms with Crippen molar-refractivity contribution in [3.05, 3.63) is 0 Å². The van der Waals surface area contributed by atoms with Gasteiger partial charge in [-0.05, 0) is 12.1 Å². The lowest BCUT2D eigenvalue weighted by atomic mass is 10.6. The van der Waals surface area contributed by atoms with Crippen LogP contribution in [0.4, 0.5) is 9.59 Å². The first-order chi connectivity index (χ1) is 7.70. The van der Waals surface area contributed by atoms with E-state index in [4.69, 9.17) is 8.85 Å². The van der Waals surface area contributed by atoms with E-state index in [1.54, 1.807) is 0 Å². The van der Waals surface area contributed by atoms with Crippen LogP contribution in [-0.4, -0.2) is 31.7 Å². The number of hydrogen-bond acceptors (Lipinski definition) is 4. The Hall–Kier alpha value is -1.03. The second-order valence-electron chi connectivity index (χ2n) is 3.14. The molecule has 0 aliphatic rings. The van der Waals surface area contributed by atoms with Crippen LogP contribution in [0.3, 0.4) is 0 Å². The van der Waals surface area contributed by atoms with Gasteiger partial charge in [0.05, 0.1) is 0 Å². The van der Waals surface area contributed by atoms with Crippen molar-refractivity contribution < 1.29 is 18.4 Å². The summed E-state index contributed by atoms with van der Waals surface area (Å²) in [5, 5.41) is 6.24. The average Bonchev–Trinajstić information content (AvgIpc) is 2.27. The first-order valence-electron chi connectivity index (χ1n) is 5.46. The molecule has 92 valence electrons. The molecule has 0 rings (SSSR count). The van der Waals surface area contributed by atoms with Crippen molar-refractivity contribution in [1.29, 1.82) is 0 Å². The number of carbonyl (C=O) groups excluding carboxylic acids is 2. The van der Waals surface area contributed by atoms with Gasteiger partial charge in [-0.25, -0.2) is 9.59 Å². The van der Waals surface area contributed by atoms with Crippen molar-refractivity contribution in [2.45, 2.75) is 38.8 Å². The van der Waals surface area contributed by atoms with Gasteiger partial charge in [0, 0.05) is 0 Å². The normalized spacial score (nSPS) is 11.9. The molecule has 0 heterocycles. The summed E-state index contributed by atoms with van der Waals surface area (Å²) >= 11 is 0. The van der Waals surface area contributed by atoms with E-state index < -0.39 is 31.7 Å². The molecule has 0 unspecified atom stereocenters. The van der Waals surface area contributed by atoms with Gasteiger partial charge in [0.2, 0.25) is 19.5 Å². The summed E-state index contributed by atoms with van der Waals surface area (Å²) in [6.07, 6.45) is 0.409. The minimum absolute atomic E-state index is 0.783. The molecule has 0 spiro atoms. The molecule has 0 atom stereocenters. The fourth-order valence-electron chi connectivity index (χ4n) is 0.747. The third kappa shape index (κ3) is 9.53. The lowest BCUT2D eigenvalue weighted by Crippen LogP contribution is -2.06. The van der Waals surface area contributed by atoms with Crippen LogP contribution in [0, 0.1) is 0 Å². The summed E-state index contributed by atoms with van der Waals surface area (Å²) in [6.45, 7) is 4.02. The Balaban J connectivity index is 3.63. The Kier molecular flexibility index (Phi) is 9.82. The molecule has 0 aromatic heterocycles. The van der Waals surface area contributed by atoms with Crippen LogP contribution in [0.1, 0.15) is 26.7 Å². The monoisotopic (exact) mass is 262 g/mol. The molecule has 0 aromatic rings. The van der Waals surface area contributed by atoms with Gasteiger partial charge >= 0.3 is 12.2 Å². The maximum Gasteiger partial charge on any atom is 0.438 e. The molecule has 0 aliphatic heterocycles. The summed E-state index contributed by atoms with van der Waals surface area (Å²) in [7, 11) is -1.69. The van der Waals surface area contributed by atoms with Crippen LogP contribution in [-0.2, 0) is 8.85 Å². The van der Waals surface area contributed by atoms with E-state index in [2.05, 4.69) is 10.2 Å². The summed E-state index contributed by atoms with van der Waals surface area (Å²) in [6, 6.07) is 1.82. The Labute approximate surface area is 99.7 Å². The highest BCUT2D eigenvalue weighted by molar-refractivity contribution is 6.30. The van der Waals surface area contributed by atoms with Crippen molar-refractivity contribution in [3.8, 4) is 0 Å². The molecule has 0 radical (unpaired) electrons. The molecular weight excluding hydrogens is 244 g/mol. The topological polar surface area (TPSA) is 77.3 Å². The first kappa shape index (κ1) is 15.0. The van der Waals surface area contributed by atoms with Crippen molar-refractivity contribution in [2.75, 3.05) is 0 Å². The summed E-state index contributed by atoms with van der Waals surface area (Å²) in [5.74, 6) is 0. The van der Waals surface area contributed by atoms with Gasteiger partial charge in [-0.3, -0.25) is 0 Å². The van der Waals surface area contributed by atoms with Crippen molar-refractivity contribution in [1.82, 2.24) is 0 Å². The van der Waals surface area contributed by atoms with Crippen molar-refractivity contribution >= 4 is 31.7 Å². The van der Waals surface area contributed by atoms with Gasteiger partial charge in [0.1, 0.15) is 0 Å². The van der Waals surface area contributed by atoms with Crippen LogP contribution in [0.2, 0.25) is 12.1 Å². The zero-order valence-electron chi connectivity index (χ0n) is 9.77. The lowest BCUT2D eigenvalue weighted by molar-refractivity contribution is 0.202. The fourth-order valence-corrected chi connectivity index (χ4v) is 2.08. The van der Waals surface area contributed by atoms with Crippen LogP contribution in [0.25, 0.3) is 0 Å². The highest BCUT2D eigenvalue weighted by Crippen LogP contribution is 1.93. The smallest absolute Gasteiger partial charge is 0.438 e. The van der Waals surface area contributed by atoms with E-state index in [0.29, 0.717) is 0 Å². The summed E-state index contributed by atoms with van der Waals surface area (Å²) in [4.78, 5) is 21.8. The van der Waals surface area contributed by atoms with Gasteiger partial charge in [0.15, 0.2) is 0 Å². The fraction of sp³-hybridized carbons (Fsp3) is 0.750. The molecule has 0 bridgehead atoms. The van der Waals surface area contributed by atoms with Crippen LogP contribution < -0.4 is 0 Å². The van der Waals surface area contributed by atoms with E-state index in [9.17, 15) is 9.59 Å². The Bertz CT molecular complexity index is 224. The Morgan fingerprint density at radius 1 is 0.938 bits per heavy atom. The van der Waals surface area contributed by atoms with Crippen LogP contribution in [0.5, 0.6) is 0 Å². The summed E-state index contributed by atoms with van der Waals surface area (Å²) in [5.41, 5.74) is 0. The number of rotatable bonds is 6. The van der Waals surface area contributed by atoms with Crippen molar-refractivity contribution in [2.24, 2.45) is 10.2 Å². The van der Waals surface area contributed by atoms with E-state index >= 15 is 0 Å². The molecule has 6 nitrogen and oxygen atoms in total. The molecule has 16 heavy (non-hydrogen) atoms. The van der Waals surface area contributed by atoms with E-state index in [1.165, 1.54) is 0 Å². The minimum Gasteiger partial charge on any atom is -0.507 e. The Morgan fingerprint density at radius 2 is 1.31 bits per heavy atom. The largest absolute Gasteiger partial charge is 0.507 e. The number of nitrogens with zero attached hydrogens (tertiary/aromatic N) is 2. The Morgan fingerprint density at radius 3 is 1.62 bits per heavy atom. The zero-order valence-corrected chi connectivity index (χ0v) is 12.6. The predicted octanol–water partition coefficient (Wildman–Crippen LogP) is 1.54. The minimum atomic E-state index is -0.847. The van der Waals surface area contributed by atoms with E-state index in [-0.39, 0.29) is 0 Å². The third-order valence-electron chi connectivity index (χ3n) is 1.66. The van der Waals surface area contributed by atoms with Crippen molar-refractivity contribution in [3.63, 3.8) is 0 Å². The molecule has 0 saturated carbocycles. The molecule has 0 saturated heterocycles. The lowest BCUT2D eigenvalue weighted by Gasteiger charge is -1.98. The highest BCUT2D eigenvalue weighted by Gasteiger charge is 2.02. The standard InChI is InChI=1S/C8H18N2O4Si2/c1-3-5-15-13-7(11)9-10-8(12)14-16-6-4-2/h3-6,15-16H2,1-2H3. The second-order valence-corrected chi connectivity index (χ2v) is 5.94. The van der Waals surface area contributed by atoms with E-state index in [0.717, 1.165) is 24.9 Å². The maximum absolute atomic E-state index is 10.9. The number of azo groups is 1. The molecular formula is C8H18N2O4Si2. The zero-order chi connectivity index (χ0) is 12.2. The quantitative estimate of drug-likeness (QED) is 0.413. The van der Waals surface area contributed by atoms with Gasteiger partial charge in [-0.15, -0.1) is 0 Å². The highest BCUT2D eigenvalue weighted by atomic mass is 28.2.